The van der Waals surface area contributed by atoms with E-state index in [0.29, 0.717) is 16.7 Å². The van der Waals surface area contributed by atoms with Gasteiger partial charge in [-0.1, -0.05) is 60.3 Å². The molecule has 0 amide bonds. The lowest BCUT2D eigenvalue weighted by molar-refractivity contribution is 0.224. The van der Waals surface area contributed by atoms with Crippen LogP contribution in [0.5, 0.6) is 5.88 Å². The lowest BCUT2D eigenvalue weighted by Crippen LogP contribution is -2.18. The first-order chi connectivity index (χ1) is 12.8. The Bertz CT molecular complexity index is 960. The number of ether oxygens (including phenoxy) is 1. The highest BCUT2D eigenvalue weighted by Gasteiger charge is 2.26. The summed E-state index contributed by atoms with van der Waals surface area (Å²) in [5, 5.41) is 12.7. The molecule has 0 saturated carbocycles. The summed E-state index contributed by atoms with van der Waals surface area (Å²) < 4.78 is 6.26. The van der Waals surface area contributed by atoms with Crippen molar-refractivity contribution < 1.29 is 4.74 Å². The molecule has 6 heteroatoms. The van der Waals surface area contributed by atoms with Crippen LogP contribution >= 0.6 is 11.8 Å². The van der Waals surface area contributed by atoms with Gasteiger partial charge < -0.3 is 10.1 Å². The minimum absolute atomic E-state index is 0.354. The van der Waals surface area contributed by atoms with Crippen LogP contribution < -0.4 is 10.1 Å². The molecule has 3 aromatic rings. The zero-order chi connectivity index (χ0) is 17.9. The molecule has 2 aromatic carbocycles. The van der Waals surface area contributed by atoms with E-state index in [1.165, 1.54) is 11.8 Å². The van der Waals surface area contributed by atoms with Gasteiger partial charge in [-0.3, -0.25) is 0 Å². The summed E-state index contributed by atoms with van der Waals surface area (Å²) in [6, 6.07) is 16.1. The lowest BCUT2D eigenvalue weighted by atomic mass is 10.1. The van der Waals surface area contributed by atoms with Crippen LogP contribution in [0.1, 0.15) is 17.4 Å². The summed E-state index contributed by atoms with van der Waals surface area (Å²) in [6.07, 6.45) is 1.46. The fraction of sp³-hybridized carbons (Fsp3) is 0.150. The average Bonchev–Trinajstić information content (AvgIpc) is 2.83. The Morgan fingerprint density at radius 2 is 1.96 bits per heavy atom. The van der Waals surface area contributed by atoms with Crippen molar-refractivity contribution in [2.45, 2.75) is 18.3 Å². The third kappa shape index (κ3) is 3.15. The van der Waals surface area contributed by atoms with Gasteiger partial charge in [-0.15, -0.1) is 16.8 Å². The molecule has 2 heterocycles. The molecule has 0 bridgehead atoms. The molecule has 0 aliphatic carbocycles. The maximum absolute atomic E-state index is 6.26. The number of para-hydroxylation sites is 1. The SMILES string of the molecule is C=CCSc1nnc2c(n1)OC(c1ccccc1C)Nc1ccccc1-2. The molecule has 1 N–H and O–H groups in total. The number of nitrogens with zero attached hydrogens (tertiary/aromatic N) is 3. The van der Waals surface area contributed by atoms with Crippen LogP contribution in [0, 0.1) is 6.92 Å². The molecule has 4 rings (SSSR count). The van der Waals surface area contributed by atoms with Gasteiger partial charge in [0, 0.05) is 22.6 Å². The third-order valence-corrected chi connectivity index (χ3v) is 4.97. The molecule has 0 saturated heterocycles. The number of thioether (sulfide) groups is 1. The highest BCUT2D eigenvalue weighted by atomic mass is 32.2. The lowest BCUT2D eigenvalue weighted by Gasteiger charge is -2.20. The Morgan fingerprint density at radius 1 is 1.15 bits per heavy atom. The number of benzene rings is 2. The van der Waals surface area contributed by atoms with E-state index < -0.39 is 0 Å². The minimum Gasteiger partial charge on any atom is -0.448 e. The summed E-state index contributed by atoms with van der Waals surface area (Å²) >= 11 is 1.48. The van der Waals surface area contributed by atoms with Gasteiger partial charge in [0.05, 0.1) is 0 Å². The molecular weight excluding hydrogens is 344 g/mol. The van der Waals surface area contributed by atoms with Crippen molar-refractivity contribution in [3.63, 3.8) is 0 Å². The number of hydrogen-bond donors (Lipinski definition) is 1. The molecule has 1 aliphatic heterocycles. The topological polar surface area (TPSA) is 59.9 Å². The molecule has 5 nitrogen and oxygen atoms in total. The largest absolute Gasteiger partial charge is 0.448 e. The first kappa shape index (κ1) is 16.6. The van der Waals surface area contributed by atoms with Gasteiger partial charge in [0.2, 0.25) is 11.0 Å². The van der Waals surface area contributed by atoms with E-state index in [2.05, 4.69) is 46.1 Å². The van der Waals surface area contributed by atoms with Gasteiger partial charge in [-0.25, -0.2) is 0 Å². The molecule has 1 atom stereocenters. The first-order valence-corrected chi connectivity index (χ1v) is 9.31. The predicted molar refractivity (Wildman–Crippen MR) is 104 cm³/mol. The predicted octanol–water partition coefficient (Wildman–Crippen LogP) is 4.63. The third-order valence-electron chi connectivity index (χ3n) is 4.13. The van der Waals surface area contributed by atoms with Gasteiger partial charge in [-0.2, -0.15) is 4.98 Å². The number of nitrogens with one attached hydrogen (secondary N) is 1. The Morgan fingerprint density at radius 3 is 2.81 bits per heavy atom. The Kier molecular flexibility index (Phi) is 4.58. The molecule has 1 unspecified atom stereocenters. The van der Waals surface area contributed by atoms with Gasteiger partial charge in [-0.05, 0) is 18.6 Å². The van der Waals surface area contributed by atoms with Crippen LogP contribution in [0.2, 0.25) is 0 Å². The van der Waals surface area contributed by atoms with Crippen molar-refractivity contribution in [3.05, 3.63) is 72.3 Å². The maximum Gasteiger partial charge on any atom is 0.247 e. The number of aromatic nitrogens is 3. The van der Waals surface area contributed by atoms with E-state index in [1.807, 2.05) is 42.5 Å². The second-order valence-corrected chi connectivity index (χ2v) is 6.88. The van der Waals surface area contributed by atoms with Gasteiger partial charge in [0.15, 0.2) is 11.9 Å². The standard InChI is InChI=1S/C20H18N4OS/c1-3-12-26-20-22-19-17(23-24-20)15-10-6-7-11-16(15)21-18(25-19)14-9-5-4-8-13(14)2/h3-11,18,21H,1,12H2,2H3. The smallest absolute Gasteiger partial charge is 0.247 e. The molecule has 0 spiro atoms. The van der Waals surface area contributed by atoms with Crippen LogP contribution in [0.25, 0.3) is 11.3 Å². The number of aryl methyl sites for hydroxylation is 1. The van der Waals surface area contributed by atoms with E-state index in [-0.39, 0.29) is 6.23 Å². The van der Waals surface area contributed by atoms with Crippen molar-refractivity contribution in [3.8, 4) is 17.1 Å². The Labute approximate surface area is 156 Å². The van der Waals surface area contributed by atoms with E-state index in [0.717, 1.165) is 28.1 Å². The van der Waals surface area contributed by atoms with Gasteiger partial charge >= 0.3 is 0 Å². The quantitative estimate of drug-likeness (QED) is 0.539. The molecule has 130 valence electrons. The summed E-state index contributed by atoms with van der Waals surface area (Å²) in [6.45, 7) is 5.80. The fourth-order valence-corrected chi connectivity index (χ4v) is 3.38. The molecule has 0 radical (unpaired) electrons. The summed E-state index contributed by atoms with van der Waals surface area (Å²) in [7, 11) is 0. The van der Waals surface area contributed by atoms with Crippen molar-refractivity contribution in [2.24, 2.45) is 0 Å². The van der Waals surface area contributed by atoms with Crippen LogP contribution in [0.3, 0.4) is 0 Å². The monoisotopic (exact) mass is 362 g/mol. The Hall–Kier alpha value is -2.86. The molecule has 0 fully saturated rings. The first-order valence-electron chi connectivity index (χ1n) is 8.33. The Balaban J connectivity index is 1.82. The van der Waals surface area contributed by atoms with Crippen LogP contribution in [0.15, 0.2) is 66.3 Å². The number of fused-ring (bicyclic) bond motifs is 3. The van der Waals surface area contributed by atoms with Gasteiger partial charge in [0.25, 0.3) is 0 Å². The zero-order valence-electron chi connectivity index (χ0n) is 14.3. The van der Waals surface area contributed by atoms with Crippen molar-refractivity contribution >= 4 is 17.4 Å². The summed E-state index contributed by atoms with van der Waals surface area (Å²) in [5.74, 6) is 1.20. The highest BCUT2D eigenvalue weighted by Crippen LogP contribution is 2.39. The second kappa shape index (κ2) is 7.17. The average molecular weight is 362 g/mol. The number of anilines is 1. The van der Waals surface area contributed by atoms with E-state index in [9.17, 15) is 0 Å². The van der Waals surface area contributed by atoms with E-state index >= 15 is 0 Å². The molecule has 1 aliphatic rings. The molecular formula is C20H18N4OS. The number of rotatable bonds is 4. The molecule has 1 aromatic heterocycles. The zero-order valence-corrected chi connectivity index (χ0v) is 15.2. The van der Waals surface area contributed by atoms with Crippen molar-refractivity contribution in [1.82, 2.24) is 15.2 Å². The normalized spacial score (nSPS) is 15.0. The van der Waals surface area contributed by atoms with Crippen molar-refractivity contribution in [1.29, 1.82) is 0 Å². The van der Waals surface area contributed by atoms with Crippen molar-refractivity contribution in [2.75, 3.05) is 11.1 Å². The van der Waals surface area contributed by atoms with Crippen LogP contribution in [-0.2, 0) is 0 Å². The molecule has 26 heavy (non-hydrogen) atoms. The summed E-state index contributed by atoms with van der Waals surface area (Å²) in [4.78, 5) is 4.59. The van der Waals surface area contributed by atoms with E-state index in [4.69, 9.17) is 4.74 Å². The second-order valence-electron chi connectivity index (χ2n) is 5.89. The van der Waals surface area contributed by atoms with Gasteiger partial charge in [0.1, 0.15) is 0 Å². The summed E-state index contributed by atoms with van der Waals surface area (Å²) in [5.41, 5.74) is 4.73. The van der Waals surface area contributed by atoms with Crippen LogP contribution in [0.4, 0.5) is 5.69 Å². The fourth-order valence-electron chi connectivity index (χ4n) is 2.86. The maximum atomic E-state index is 6.26. The number of hydrogen-bond acceptors (Lipinski definition) is 6. The van der Waals surface area contributed by atoms with Crippen LogP contribution in [-0.4, -0.2) is 20.9 Å². The van der Waals surface area contributed by atoms with E-state index in [1.54, 1.807) is 0 Å². The highest BCUT2D eigenvalue weighted by molar-refractivity contribution is 7.99. The minimum atomic E-state index is -0.354.